The maximum atomic E-state index is 13.8. The third kappa shape index (κ3) is 4.75. The van der Waals surface area contributed by atoms with Crippen molar-refractivity contribution >= 4 is 45.5 Å². The Morgan fingerprint density at radius 1 is 1.00 bits per heavy atom. The van der Waals surface area contributed by atoms with Crippen LogP contribution in [0.25, 0.3) is 33.5 Å². The van der Waals surface area contributed by atoms with E-state index in [9.17, 15) is 38.2 Å². The molecule has 0 aliphatic carbocycles. The highest BCUT2D eigenvalue weighted by Gasteiger charge is 2.37. The number of anilines is 1. The standard InChI is InChI=1S/C22H10ClF3N8O6/c23-9-1-4-16(13(5-9)20-28-31-32-29-20)27-21(35)19-14-7-17(34(38)39)12(8-18(14)40-30-19)11-3-2-10(33(36)37)6-15(11)22(24,25)26/h1-8H,(H,27,35)(H,28,29,31,32). The summed E-state index contributed by atoms with van der Waals surface area (Å²) >= 11 is 6.03. The summed E-state index contributed by atoms with van der Waals surface area (Å²) in [5.74, 6) is -0.800. The largest absolute Gasteiger partial charge is 0.417 e. The van der Waals surface area contributed by atoms with Gasteiger partial charge in [0.25, 0.3) is 17.3 Å². The monoisotopic (exact) mass is 574 g/mol. The Kier molecular flexibility index (Phi) is 6.34. The maximum absolute atomic E-state index is 13.8. The van der Waals surface area contributed by atoms with Crippen LogP contribution >= 0.6 is 11.6 Å². The zero-order chi connectivity index (χ0) is 28.8. The average molecular weight is 575 g/mol. The molecule has 5 rings (SSSR count). The Balaban J connectivity index is 1.61. The number of non-ortho nitro benzene ring substituents is 1. The van der Waals surface area contributed by atoms with Gasteiger partial charge in [-0.1, -0.05) is 16.8 Å². The summed E-state index contributed by atoms with van der Waals surface area (Å²) in [6.45, 7) is 0. The Morgan fingerprint density at radius 2 is 1.77 bits per heavy atom. The summed E-state index contributed by atoms with van der Waals surface area (Å²) in [5.41, 5.74) is -4.67. The number of nitro benzene ring substituents is 2. The third-order valence-electron chi connectivity index (χ3n) is 5.63. The minimum Gasteiger partial charge on any atom is -0.355 e. The molecule has 0 atom stereocenters. The number of nitrogens with one attached hydrogen (secondary N) is 2. The maximum Gasteiger partial charge on any atom is 0.417 e. The van der Waals surface area contributed by atoms with Crippen LogP contribution < -0.4 is 5.32 Å². The molecule has 0 bridgehead atoms. The van der Waals surface area contributed by atoms with Gasteiger partial charge >= 0.3 is 6.18 Å². The lowest BCUT2D eigenvalue weighted by atomic mass is 9.96. The number of alkyl halides is 3. The van der Waals surface area contributed by atoms with Crippen molar-refractivity contribution in [3.8, 4) is 22.5 Å². The number of hydrogen-bond acceptors (Lipinski definition) is 10. The normalized spacial score (nSPS) is 11.5. The van der Waals surface area contributed by atoms with Crippen molar-refractivity contribution in [2.45, 2.75) is 6.18 Å². The number of hydrogen-bond donors (Lipinski definition) is 2. The molecule has 0 spiro atoms. The number of aromatic nitrogens is 5. The number of amides is 1. The van der Waals surface area contributed by atoms with Crippen molar-refractivity contribution in [3.63, 3.8) is 0 Å². The van der Waals surface area contributed by atoms with Crippen molar-refractivity contribution in [2.75, 3.05) is 5.32 Å². The van der Waals surface area contributed by atoms with Gasteiger partial charge in [-0.2, -0.15) is 18.4 Å². The molecule has 1 amide bonds. The lowest BCUT2D eigenvalue weighted by Crippen LogP contribution is -2.13. The molecule has 0 fully saturated rings. The van der Waals surface area contributed by atoms with Crippen LogP contribution in [0.15, 0.2) is 53.1 Å². The molecule has 14 nitrogen and oxygen atoms in total. The fourth-order valence-electron chi connectivity index (χ4n) is 3.89. The van der Waals surface area contributed by atoms with E-state index in [0.29, 0.717) is 0 Å². The zero-order valence-corrected chi connectivity index (χ0v) is 20.0. The summed E-state index contributed by atoms with van der Waals surface area (Å²) < 4.78 is 46.5. The van der Waals surface area contributed by atoms with E-state index < -0.39 is 55.7 Å². The van der Waals surface area contributed by atoms with Crippen LogP contribution in [0.3, 0.4) is 0 Å². The van der Waals surface area contributed by atoms with Gasteiger partial charge in [-0.05, 0) is 35.5 Å². The smallest absolute Gasteiger partial charge is 0.355 e. The molecule has 2 N–H and O–H groups in total. The van der Waals surface area contributed by atoms with E-state index in [0.717, 1.165) is 24.3 Å². The second-order valence-corrected chi connectivity index (χ2v) is 8.45. The van der Waals surface area contributed by atoms with Crippen LogP contribution in [-0.2, 0) is 6.18 Å². The topological polar surface area (TPSA) is 196 Å². The highest BCUT2D eigenvalue weighted by Crippen LogP contribution is 2.43. The number of nitro groups is 2. The number of aromatic amines is 1. The van der Waals surface area contributed by atoms with E-state index in [-0.39, 0.29) is 39.1 Å². The summed E-state index contributed by atoms with van der Waals surface area (Å²) in [4.78, 5) is 34.1. The molecule has 2 aromatic heterocycles. The molecule has 0 saturated carbocycles. The molecule has 0 aliphatic heterocycles. The van der Waals surface area contributed by atoms with Gasteiger partial charge in [-0.3, -0.25) is 25.0 Å². The fourth-order valence-corrected chi connectivity index (χ4v) is 4.06. The quantitative estimate of drug-likeness (QED) is 0.195. The number of carbonyl (C=O) groups excluding carboxylic acids is 1. The number of H-pyrrole nitrogens is 1. The van der Waals surface area contributed by atoms with Gasteiger partial charge in [-0.15, -0.1) is 10.2 Å². The highest BCUT2D eigenvalue weighted by atomic mass is 35.5. The van der Waals surface area contributed by atoms with E-state index >= 15 is 0 Å². The van der Waals surface area contributed by atoms with Gasteiger partial charge in [0.05, 0.1) is 32.0 Å². The first-order valence-corrected chi connectivity index (χ1v) is 11.1. The molecule has 0 radical (unpaired) electrons. The molecular weight excluding hydrogens is 565 g/mol. The van der Waals surface area contributed by atoms with E-state index in [1.54, 1.807) is 0 Å². The van der Waals surface area contributed by atoms with E-state index in [1.165, 1.54) is 18.2 Å². The lowest BCUT2D eigenvalue weighted by molar-refractivity contribution is -0.385. The van der Waals surface area contributed by atoms with Crippen molar-refractivity contribution in [3.05, 3.63) is 85.0 Å². The van der Waals surface area contributed by atoms with Gasteiger partial charge in [0.1, 0.15) is 0 Å². The fraction of sp³-hybridized carbons (Fsp3) is 0.0455. The Labute approximate surface area is 223 Å². The number of rotatable bonds is 6. The van der Waals surface area contributed by atoms with E-state index in [1.807, 2.05) is 0 Å². The molecule has 0 unspecified atom stereocenters. The van der Waals surface area contributed by atoms with Gasteiger partial charge < -0.3 is 9.84 Å². The first kappa shape index (κ1) is 26.2. The summed E-state index contributed by atoms with van der Waals surface area (Å²) in [5, 5.41) is 42.6. The number of benzene rings is 3. The minimum absolute atomic E-state index is 0.0895. The van der Waals surface area contributed by atoms with E-state index in [2.05, 4.69) is 31.1 Å². The first-order chi connectivity index (χ1) is 18.9. The molecule has 202 valence electrons. The zero-order valence-electron chi connectivity index (χ0n) is 19.3. The second-order valence-electron chi connectivity index (χ2n) is 8.02. The van der Waals surface area contributed by atoms with Crippen molar-refractivity contribution in [1.29, 1.82) is 0 Å². The number of halogens is 4. The van der Waals surface area contributed by atoms with Crippen LogP contribution in [-0.4, -0.2) is 41.5 Å². The molecule has 2 heterocycles. The Morgan fingerprint density at radius 3 is 2.42 bits per heavy atom. The van der Waals surface area contributed by atoms with Crippen molar-refractivity contribution in [1.82, 2.24) is 25.8 Å². The molecule has 3 aromatic carbocycles. The molecule has 40 heavy (non-hydrogen) atoms. The third-order valence-corrected chi connectivity index (χ3v) is 5.86. The van der Waals surface area contributed by atoms with Crippen LogP contribution in [0.2, 0.25) is 5.02 Å². The SMILES string of the molecule is O=C(Nc1ccc(Cl)cc1-c1nn[nH]n1)c1noc2cc(-c3ccc([N+](=O)[O-])cc3C(F)(F)F)c([N+](=O)[O-])cc12. The predicted molar refractivity (Wildman–Crippen MR) is 130 cm³/mol. The molecular formula is C22H10ClF3N8O6. The van der Waals surface area contributed by atoms with E-state index in [4.69, 9.17) is 16.1 Å². The number of nitrogens with zero attached hydrogens (tertiary/aromatic N) is 6. The first-order valence-electron chi connectivity index (χ1n) is 10.7. The Bertz CT molecular complexity index is 1820. The lowest BCUT2D eigenvalue weighted by Gasteiger charge is -2.13. The number of tetrazole rings is 1. The summed E-state index contributed by atoms with van der Waals surface area (Å²) in [6, 6.07) is 7.88. The molecule has 0 aliphatic rings. The van der Waals surface area contributed by atoms with Crippen LogP contribution in [0.5, 0.6) is 0 Å². The summed E-state index contributed by atoms with van der Waals surface area (Å²) in [7, 11) is 0. The van der Waals surface area contributed by atoms with Gasteiger partial charge in [0.2, 0.25) is 5.82 Å². The van der Waals surface area contributed by atoms with Gasteiger partial charge in [0.15, 0.2) is 11.3 Å². The second kappa shape index (κ2) is 9.70. The van der Waals surface area contributed by atoms with Crippen LogP contribution in [0.1, 0.15) is 16.1 Å². The van der Waals surface area contributed by atoms with Crippen molar-refractivity contribution < 1.29 is 32.3 Å². The minimum atomic E-state index is -5.09. The molecule has 18 heteroatoms. The van der Waals surface area contributed by atoms with Gasteiger partial charge in [-0.25, -0.2) is 0 Å². The number of fused-ring (bicyclic) bond motifs is 1. The van der Waals surface area contributed by atoms with Crippen molar-refractivity contribution in [2.24, 2.45) is 0 Å². The Hall–Kier alpha value is -5.45. The summed E-state index contributed by atoms with van der Waals surface area (Å²) in [6.07, 6.45) is -5.09. The highest BCUT2D eigenvalue weighted by molar-refractivity contribution is 6.31. The van der Waals surface area contributed by atoms with Crippen LogP contribution in [0, 0.1) is 20.2 Å². The average Bonchev–Trinajstić information content (AvgIpc) is 3.58. The molecule has 0 saturated heterocycles. The van der Waals surface area contributed by atoms with Crippen LogP contribution in [0.4, 0.5) is 30.2 Å². The predicted octanol–water partition coefficient (Wildman–Crippen LogP) is 5.42. The van der Waals surface area contributed by atoms with Gasteiger partial charge in [0, 0.05) is 34.3 Å². The number of carbonyl (C=O) groups is 1. The molecule has 5 aromatic rings.